The Morgan fingerprint density at radius 1 is 1.17 bits per heavy atom. The SMILES string of the molecule is CC(C)Cc1ccc(CC(=O)NCC(=O)O)cc1. The first-order valence-corrected chi connectivity index (χ1v) is 6.03. The molecule has 4 heteroatoms. The van der Waals surface area contributed by atoms with Gasteiger partial charge in [-0.2, -0.15) is 0 Å². The van der Waals surface area contributed by atoms with Crippen LogP contribution in [0.1, 0.15) is 25.0 Å². The largest absolute Gasteiger partial charge is 0.480 e. The normalized spacial score (nSPS) is 10.4. The van der Waals surface area contributed by atoms with Gasteiger partial charge < -0.3 is 10.4 Å². The number of aliphatic carboxylic acids is 1. The molecule has 0 spiro atoms. The molecule has 1 aromatic rings. The lowest BCUT2D eigenvalue weighted by molar-refractivity contribution is -0.137. The molecule has 0 aliphatic carbocycles. The van der Waals surface area contributed by atoms with Gasteiger partial charge in [0.25, 0.3) is 0 Å². The first-order valence-electron chi connectivity index (χ1n) is 6.03. The van der Waals surface area contributed by atoms with E-state index < -0.39 is 5.97 Å². The molecule has 0 bridgehead atoms. The fourth-order valence-corrected chi connectivity index (χ4v) is 1.69. The lowest BCUT2D eigenvalue weighted by atomic mass is 10.0. The van der Waals surface area contributed by atoms with Gasteiger partial charge in [0, 0.05) is 0 Å². The van der Waals surface area contributed by atoms with E-state index in [1.54, 1.807) is 0 Å². The summed E-state index contributed by atoms with van der Waals surface area (Å²) in [4.78, 5) is 21.7. The number of nitrogens with one attached hydrogen (secondary N) is 1. The van der Waals surface area contributed by atoms with Crippen LogP contribution < -0.4 is 5.32 Å². The highest BCUT2D eigenvalue weighted by molar-refractivity contribution is 5.82. The van der Waals surface area contributed by atoms with Gasteiger partial charge in [-0.05, 0) is 23.5 Å². The minimum Gasteiger partial charge on any atom is -0.480 e. The number of rotatable bonds is 6. The maximum absolute atomic E-state index is 11.4. The summed E-state index contributed by atoms with van der Waals surface area (Å²) in [5.41, 5.74) is 2.14. The predicted octanol–water partition coefficient (Wildman–Crippen LogP) is 1.63. The highest BCUT2D eigenvalue weighted by Gasteiger charge is 2.05. The summed E-state index contributed by atoms with van der Waals surface area (Å²) in [6, 6.07) is 7.86. The maximum atomic E-state index is 11.4. The third-order valence-corrected chi connectivity index (χ3v) is 2.47. The molecule has 18 heavy (non-hydrogen) atoms. The fourth-order valence-electron chi connectivity index (χ4n) is 1.69. The minimum atomic E-state index is -1.03. The van der Waals surface area contributed by atoms with Crippen LogP contribution in [0.2, 0.25) is 0 Å². The number of benzene rings is 1. The number of hydrogen-bond acceptors (Lipinski definition) is 2. The van der Waals surface area contributed by atoms with Gasteiger partial charge in [-0.15, -0.1) is 0 Å². The summed E-state index contributed by atoms with van der Waals surface area (Å²) in [6.45, 7) is 3.99. The molecule has 0 fully saturated rings. The molecule has 0 aliphatic rings. The molecule has 98 valence electrons. The smallest absolute Gasteiger partial charge is 0.322 e. The van der Waals surface area contributed by atoms with Crippen molar-refractivity contribution < 1.29 is 14.7 Å². The topological polar surface area (TPSA) is 66.4 Å². The predicted molar refractivity (Wildman–Crippen MR) is 69.3 cm³/mol. The highest BCUT2D eigenvalue weighted by Crippen LogP contribution is 2.10. The van der Waals surface area contributed by atoms with Crippen molar-refractivity contribution in [3.8, 4) is 0 Å². The molecule has 1 amide bonds. The van der Waals surface area contributed by atoms with Gasteiger partial charge in [0.1, 0.15) is 6.54 Å². The highest BCUT2D eigenvalue weighted by atomic mass is 16.4. The molecule has 0 heterocycles. The molecule has 0 atom stereocenters. The van der Waals surface area contributed by atoms with E-state index in [1.807, 2.05) is 24.3 Å². The van der Waals surface area contributed by atoms with Gasteiger partial charge in [0.05, 0.1) is 6.42 Å². The molecular weight excluding hydrogens is 230 g/mol. The Bertz CT molecular complexity index is 410. The van der Waals surface area contributed by atoms with Crippen LogP contribution in [-0.2, 0) is 22.4 Å². The molecule has 2 N–H and O–H groups in total. The standard InChI is InChI=1S/C14H19NO3/c1-10(2)7-11-3-5-12(6-4-11)8-13(16)15-9-14(17)18/h3-6,10H,7-9H2,1-2H3,(H,15,16)(H,17,18). The Balaban J connectivity index is 2.48. The molecule has 0 saturated heterocycles. The second-order valence-electron chi connectivity index (χ2n) is 4.76. The van der Waals surface area contributed by atoms with E-state index in [0.717, 1.165) is 12.0 Å². The van der Waals surface area contributed by atoms with E-state index in [2.05, 4.69) is 19.2 Å². The number of carbonyl (C=O) groups excluding carboxylic acids is 1. The van der Waals surface area contributed by atoms with Crippen LogP contribution >= 0.6 is 0 Å². The van der Waals surface area contributed by atoms with Gasteiger partial charge in [0.15, 0.2) is 0 Å². The molecule has 0 radical (unpaired) electrons. The van der Waals surface area contributed by atoms with E-state index in [0.29, 0.717) is 5.92 Å². The first-order chi connectivity index (χ1) is 8.47. The van der Waals surface area contributed by atoms with E-state index in [4.69, 9.17) is 5.11 Å². The summed E-state index contributed by atoms with van der Waals surface area (Å²) in [5, 5.41) is 10.8. The monoisotopic (exact) mass is 249 g/mol. The van der Waals surface area contributed by atoms with Gasteiger partial charge >= 0.3 is 5.97 Å². The molecule has 4 nitrogen and oxygen atoms in total. The van der Waals surface area contributed by atoms with Crippen molar-refractivity contribution in [1.29, 1.82) is 0 Å². The van der Waals surface area contributed by atoms with Crippen LogP contribution in [0.3, 0.4) is 0 Å². The average molecular weight is 249 g/mol. The Morgan fingerprint density at radius 3 is 2.22 bits per heavy atom. The average Bonchev–Trinajstić information content (AvgIpc) is 2.28. The van der Waals surface area contributed by atoms with Crippen LogP contribution in [0.5, 0.6) is 0 Å². The zero-order chi connectivity index (χ0) is 13.5. The number of hydrogen-bond donors (Lipinski definition) is 2. The Kier molecular flexibility index (Phi) is 5.36. The molecular formula is C14H19NO3. The third-order valence-electron chi connectivity index (χ3n) is 2.47. The Labute approximate surface area is 107 Å². The van der Waals surface area contributed by atoms with Crippen molar-refractivity contribution in [3.05, 3.63) is 35.4 Å². The Morgan fingerprint density at radius 2 is 1.72 bits per heavy atom. The maximum Gasteiger partial charge on any atom is 0.322 e. The summed E-state index contributed by atoms with van der Waals surface area (Å²) < 4.78 is 0. The number of carboxylic acids is 1. The zero-order valence-corrected chi connectivity index (χ0v) is 10.8. The second-order valence-corrected chi connectivity index (χ2v) is 4.76. The van der Waals surface area contributed by atoms with E-state index in [9.17, 15) is 9.59 Å². The lowest BCUT2D eigenvalue weighted by Gasteiger charge is -2.06. The summed E-state index contributed by atoms with van der Waals surface area (Å²) in [5.74, 6) is -0.695. The van der Waals surface area contributed by atoms with Gasteiger partial charge in [-0.1, -0.05) is 38.1 Å². The van der Waals surface area contributed by atoms with Crippen molar-refractivity contribution in [2.45, 2.75) is 26.7 Å². The number of carbonyl (C=O) groups is 2. The van der Waals surface area contributed by atoms with Gasteiger partial charge in [-0.25, -0.2) is 0 Å². The molecule has 0 aliphatic heterocycles. The van der Waals surface area contributed by atoms with Crippen LogP contribution in [0.15, 0.2) is 24.3 Å². The van der Waals surface area contributed by atoms with Crippen molar-refractivity contribution in [2.24, 2.45) is 5.92 Å². The minimum absolute atomic E-state index is 0.217. The van der Waals surface area contributed by atoms with E-state index in [1.165, 1.54) is 5.56 Å². The molecule has 1 rings (SSSR count). The van der Waals surface area contributed by atoms with Gasteiger partial charge in [-0.3, -0.25) is 9.59 Å². The second kappa shape index (κ2) is 6.79. The fraction of sp³-hybridized carbons (Fsp3) is 0.429. The molecule has 1 aromatic carbocycles. The van der Waals surface area contributed by atoms with Crippen molar-refractivity contribution in [3.63, 3.8) is 0 Å². The van der Waals surface area contributed by atoms with Crippen molar-refractivity contribution in [2.75, 3.05) is 6.54 Å². The first kappa shape index (κ1) is 14.2. The van der Waals surface area contributed by atoms with Gasteiger partial charge in [0.2, 0.25) is 5.91 Å². The summed E-state index contributed by atoms with van der Waals surface area (Å²) >= 11 is 0. The third kappa shape index (κ3) is 5.48. The summed E-state index contributed by atoms with van der Waals surface area (Å²) in [7, 11) is 0. The number of carboxylic acid groups (broad SMARTS) is 1. The van der Waals surface area contributed by atoms with Crippen LogP contribution in [0.4, 0.5) is 0 Å². The zero-order valence-electron chi connectivity index (χ0n) is 10.8. The quantitative estimate of drug-likeness (QED) is 0.805. The van der Waals surface area contributed by atoms with Crippen LogP contribution in [0, 0.1) is 5.92 Å². The van der Waals surface area contributed by atoms with Crippen molar-refractivity contribution >= 4 is 11.9 Å². The number of amides is 1. The van der Waals surface area contributed by atoms with Crippen molar-refractivity contribution in [1.82, 2.24) is 5.32 Å². The molecule has 0 aromatic heterocycles. The summed E-state index contributed by atoms with van der Waals surface area (Å²) in [6.07, 6.45) is 1.24. The molecule has 0 saturated carbocycles. The van der Waals surface area contributed by atoms with E-state index >= 15 is 0 Å². The lowest BCUT2D eigenvalue weighted by Crippen LogP contribution is -2.30. The van der Waals surface area contributed by atoms with E-state index in [-0.39, 0.29) is 18.9 Å². The van der Waals surface area contributed by atoms with Crippen LogP contribution in [0.25, 0.3) is 0 Å². The van der Waals surface area contributed by atoms with Crippen LogP contribution in [-0.4, -0.2) is 23.5 Å². The molecule has 0 unspecified atom stereocenters. The Hall–Kier alpha value is -1.84.